The Hall–Kier alpha value is -2.83. The van der Waals surface area contributed by atoms with Crippen molar-refractivity contribution in [3.05, 3.63) is 48.0 Å². The summed E-state index contributed by atoms with van der Waals surface area (Å²) in [6.45, 7) is 2.05. The lowest BCUT2D eigenvalue weighted by atomic mass is 10.1. The van der Waals surface area contributed by atoms with Crippen LogP contribution < -0.4 is 10.2 Å². The normalized spacial score (nSPS) is 20.2. The lowest BCUT2D eigenvalue weighted by Gasteiger charge is -2.24. The van der Waals surface area contributed by atoms with Crippen molar-refractivity contribution in [1.29, 1.82) is 0 Å². The number of aryl methyl sites for hydroxylation is 1. The van der Waals surface area contributed by atoms with Gasteiger partial charge >= 0.3 is 6.03 Å². The van der Waals surface area contributed by atoms with Crippen molar-refractivity contribution in [3.8, 4) is 0 Å². The highest BCUT2D eigenvalue weighted by atomic mass is 16.2. The van der Waals surface area contributed by atoms with Crippen LogP contribution in [0.4, 0.5) is 10.5 Å². The Bertz CT molecular complexity index is 798. The maximum atomic E-state index is 13.0. The standard InChI is InChI=1S/C18H21N5O2/c1-21-11-8-19-16(21)15-3-2-10-23(15)17(24)13-4-6-14(7-5-13)22-12-9-20-18(22)25/h4-8,11,15H,2-3,9-10,12H2,1H3,(H,20,25). The van der Waals surface area contributed by atoms with Gasteiger partial charge in [-0.25, -0.2) is 9.78 Å². The summed E-state index contributed by atoms with van der Waals surface area (Å²) in [4.78, 5) is 32.7. The summed E-state index contributed by atoms with van der Waals surface area (Å²) in [7, 11) is 1.96. The number of likely N-dealkylation sites (tertiary alicyclic amines) is 1. The minimum Gasteiger partial charge on any atom is -0.336 e. The second-order valence-corrected chi connectivity index (χ2v) is 6.48. The van der Waals surface area contributed by atoms with Gasteiger partial charge in [0.15, 0.2) is 0 Å². The minimum absolute atomic E-state index is 0.0166. The fourth-order valence-corrected chi connectivity index (χ4v) is 3.64. The predicted molar refractivity (Wildman–Crippen MR) is 93.4 cm³/mol. The van der Waals surface area contributed by atoms with Crippen molar-refractivity contribution in [3.63, 3.8) is 0 Å². The van der Waals surface area contributed by atoms with Crippen molar-refractivity contribution in [1.82, 2.24) is 19.8 Å². The summed E-state index contributed by atoms with van der Waals surface area (Å²) in [5.41, 5.74) is 1.46. The molecule has 25 heavy (non-hydrogen) atoms. The zero-order valence-electron chi connectivity index (χ0n) is 14.2. The van der Waals surface area contributed by atoms with E-state index in [9.17, 15) is 9.59 Å². The summed E-state index contributed by atoms with van der Waals surface area (Å²) in [5, 5.41) is 2.78. The number of rotatable bonds is 3. The van der Waals surface area contributed by atoms with Crippen molar-refractivity contribution >= 4 is 17.6 Å². The van der Waals surface area contributed by atoms with Crippen LogP contribution in [0.2, 0.25) is 0 Å². The molecule has 130 valence electrons. The maximum absolute atomic E-state index is 13.0. The molecule has 2 saturated heterocycles. The summed E-state index contributed by atoms with van der Waals surface area (Å²) in [6.07, 6.45) is 5.59. The third-order valence-electron chi connectivity index (χ3n) is 4.95. The first-order valence-electron chi connectivity index (χ1n) is 8.59. The van der Waals surface area contributed by atoms with Gasteiger partial charge in [-0.2, -0.15) is 0 Å². The van der Waals surface area contributed by atoms with Gasteiger partial charge in [-0.3, -0.25) is 9.69 Å². The quantitative estimate of drug-likeness (QED) is 0.929. The summed E-state index contributed by atoms with van der Waals surface area (Å²) in [6, 6.07) is 7.22. The highest BCUT2D eigenvalue weighted by molar-refractivity contribution is 5.97. The van der Waals surface area contributed by atoms with Crippen LogP contribution in [0.25, 0.3) is 0 Å². The molecule has 0 spiro atoms. The average molecular weight is 339 g/mol. The summed E-state index contributed by atoms with van der Waals surface area (Å²) in [5.74, 6) is 0.944. The van der Waals surface area contributed by atoms with E-state index in [4.69, 9.17) is 0 Å². The molecule has 2 aliphatic rings. The van der Waals surface area contributed by atoms with E-state index in [2.05, 4.69) is 10.3 Å². The van der Waals surface area contributed by atoms with E-state index in [1.165, 1.54) is 0 Å². The first-order valence-corrected chi connectivity index (χ1v) is 8.59. The van der Waals surface area contributed by atoms with Crippen molar-refractivity contribution in [2.45, 2.75) is 18.9 Å². The van der Waals surface area contributed by atoms with Crippen LogP contribution in [0.15, 0.2) is 36.7 Å². The smallest absolute Gasteiger partial charge is 0.321 e. The largest absolute Gasteiger partial charge is 0.336 e. The number of hydrogen-bond acceptors (Lipinski definition) is 3. The molecule has 0 radical (unpaired) electrons. The van der Waals surface area contributed by atoms with Gasteiger partial charge < -0.3 is 14.8 Å². The Morgan fingerprint density at radius 2 is 2.04 bits per heavy atom. The van der Waals surface area contributed by atoms with Crippen LogP contribution in [-0.4, -0.2) is 46.0 Å². The first-order chi connectivity index (χ1) is 12.1. The lowest BCUT2D eigenvalue weighted by Crippen LogP contribution is -2.32. The molecule has 2 aromatic rings. The molecule has 0 aliphatic carbocycles. The van der Waals surface area contributed by atoms with Gasteiger partial charge in [0.25, 0.3) is 5.91 Å². The van der Waals surface area contributed by atoms with Crippen molar-refractivity contribution in [2.24, 2.45) is 7.05 Å². The molecule has 1 N–H and O–H groups in total. The van der Waals surface area contributed by atoms with E-state index in [-0.39, 0.29) is 18.0 Å². The number of aromatic nitrogens is 2. The topological polar surface area (TPSA) is 70.5 Å². The van der Waals surface area contributed by atoms with E-state index in [1.54, 1.807) is 23.2 Å². The molecular weight excluding hydrogens is 318 g/mol. The van der Waals surface area contributed by atoms with E-state index in [0.29, 0.717) is 18.7 Å². The van der Waals surface area contributed by atoms with Gasteiger partial charge in [-0.15, -0.1) is 0 Å². The molecule has 2 aliphatic heterocycles. The highest BCUT2D eigenvalue weighted by Crippen LogP contribution is 2.32. The molecule has 1 atom stereocenters. The van der Waals surface area contributed by atoms with Gasteiger partial charge in [0, 0.05) is 50.3 Å². The van der Waals surface area contributed by atoms with Gasteiger partial charge in [0.1, 0.15) is 5.82 Å². The van der Waals surface area contributed by atoms with Crippen LogP contribution in [0.1, 0.15) is 35.1 Å². The predicted octanol–water partition coefficient (Wildman–Crippen LogP) is 1.93. The van der Waals surface area contributed by atoms with Gasteiger partial charge in [-0.1, -0.05) is 0 Å². The molecule has 1 aromatic carbocycles. The number of anilines is 1. The average Bonchev–Trinajstić information content (AvgIpc) is 3.35. The maximum Gasteiger partial charge on any atom is 0.321 e. The van der Waals surface area contributed by atoms with Crippen LogP contribution in [0.3, 0.4) is 0 Å². The fourth-order valence-electron chi connectivity index (χ4n) is 3.64. The minimum atomic E-state index is -0.0894. The fraction of sp³-hybridized carbons (Fsp3) is 0.389. The van der Waals surface area contributed by atoms with Gasteiger partial charge in [0.05, 0.1) is 6.04 Å². The molecule has 7 nitrogen and oxygen atoms in total. The molecule has 1 unspecified atom stereocenters. The van der Waals surface area contributed by atoms with E-state index < -0.39 is 0 Å². The van der Waals surface area contributed by atoms with E-state index in [0.717, 1.165) is 30.9 Å². The highest BCUT2D eigenvalue weighted by Gasteiger charge is 2.33. The van der Waals surface area contributed by atoms with Crippen LogP contribution in [0.5, 0.6) is 0 Å². The number of nitrogens with zero attached hydrogens (tertiary/aromatic N) is 4. The summed E-state index contributed by atoms with van der Waals surface area (Å²) < 4.78 is 1.98. The van der Waals surface area contributed by atoms with Crippen LogP contribution in [-0.2, 0) is 7.05 Å². The number of hydrogen-bond donors (Lipinski definition) is 1. The third kappa shape index (κ3) is 2.75. The molecule has 0 saturated carbocycles. The third-order valence-corrected chi connectivity index (χ3v) is 4.95. The second-order valence-electron chi connectivity index (χ2n) is 6.48. The number of carbonyl (C=O) groups excluding carboxylic acids is 2. The number of benzene rings is 1. The van der Waals surface area contributed by atoms with Gasteiger partial charge in [-0.05, 0) is 37.1 Å². The molecule has 2 fully saturated rings. The number of nitrogens with one attached hydrogen (secondary N) is 1. The zero-order chi connectivity index (χ0) is 17.4. The Morgan fingerprint density at radius 3 is 2.68 bits per heavy atom. The molecule has 7 heteroatoms. The number of urea groups is 1. The Labute approximate surface area is 146 Å². The molecular formula is C18H21N5O2. The van der Waals surface area contributed by atoms with Crippen molar-refractivity contribution < 1.29 is 9.59 Å². The first kappa shape index (κ1) is 15.7. The molecule has 1 aromatic heterocycles. The van der Waals surface area contributed by atoms with E-state index in [1.807, 2.05) is 34.8 Å². The zero-order valence-corrected chi connectivity index (χ0v) is 14.2. The number of carbonyl (C=O) groups is 2. The monoisotopic (exact) mass is 339 g/mol. The molecule has 4 rings (SSSR count). The van der Waals surface area contributed by atoms with Crippen LogP contribution >= 0.6 is 0 Å². The lowest BCUT2D eigenvalue weighted by molar-refractivity contribution is 0.0728. The van der Waals surface area contributed by atoms with Crippen molar-refractivity contribution in [2.75, 3.05) is 24.5 Å². The number of amides is 3. The molecule has 3 amide bonds. The molecule has 0 bridgehead atoms. The SMILES string of the molecule is Cn1ccnc1C1CCCN1C(=O)c1ccc(N2CCNC2=O)cc1. The van der Waals surface area contributed by atoms with Gasteiger partial charge in [0.2, 0.25) is 0 Å². The number of imidazole rings is 1. The second kappa shape index (κ2) is 6.23. The Morgan fingerprint density at radius 1 is 1.24 bits per heavy atom. The molecule has 3 heterocycles. The Balaban J connectivity index is 1.54. The Kier molecular flexibility index (Phi) is 3.91. The van der Waals surface area contributed by atoms with E-state index >= 15 is 0 Å². The summed E-state index contributed by atoms with van der Waals surface area (Å²) >= 11 is 0. The van der Waals surface area contributed by atoms with Crippen LogP contribution in [0, 0.1) is 0 Å².